The fourth-order valence-electron chi connectivity index (χ4n) is 3.68. The van der Waals surface area contributed by atoms with Crippen LogP contribution in [0, 0.1) is 11.8 Å². The maximum Gasteiger partial charge on any atom is 0.252 e. The molecule has 0 bridgehead atoms. The minimum Gasteiger partial charge on any atom is -0.376 e. The molecule has 1 amide bonds. The SMILES string of the molecule is O=C(NC[C@@H]1OC[C@H]2CCN(c3ccccn3)C[C@H]21)c1ccsc1. The van der Waals surface area contributed by atoms with Gasteiger partial charge in [0.05, 0.1) is 12.7 Å². The summed E-state index contributed by atoms with van der Waals surface area (Å²) < 4.78 is 5.99. The summed E-state index contributed by atoms with van der Waals surface area (Å²) in [6.07, 6.45) is 3.05. The number of rotatable bonds is 4. The molecule has 2 aromatic rings. The Morgan fingerprint density at radius 2 is 2.38 bits per heavy atom. The molecule has 2 fully saturated rings. The van der Waals surface area contributed by atoms with E-state index in [4.69, 9.17) is 4.74 Å². The number of carbonyl (C=O) groups excluding carboxylic acids is 1. The summed E-state index contributed by atoms with van der Waals surface area (Å²) in [6, 6.07) is 7.88. The molecule has 0 aliphatic carbocycles. The van der Waals surface area contributed by atoms with Crippen molar-refractivity contribution in [3.05, 3.63) is 46.8 Å². The van der Waals surface area contributed by atoms with Crippen molar-refractivity contribution in [2.24, 2.45) is 11.8 Å². The number of hydrogen-bond donors (Lipinski definition) is 1. The molecule has 2 saturated heterocycles. The molecular weight excluding hydrogens is 322 g/mol. The molecule has 0 saturated carbocycles. The van der Waals surface area contributed by atoms with E-state index >= 15 is 0 Å². The van der Waals surface area contributed by atoms with Crippen molar-refractivity contribution in [3.8, 4) is 0 Å². The molecule has 4 rings (SSSR count). The van der Waals surface area contributed by atoms with Crippen LogP contribution in [-0.4, -0.2) is 43.2 Å². The van der Waals surface area contributed by atoms with E-state index in [2.05, 4.69) is 21.3 Å². The number of thiophene rings is 1. The van der Waals surface area contributed by atoms with Crippen molar-refractivity contribution in [3.63, 3.8) is 0 Å². The van der Waals surface area contributed by atoms with Gasteiger partial charge in [-0.15, -0.1) is 0 Å². The summed E-state index contributed by atoms with van der Waals surface area (Å²) in [5, 5.41) is 6.81. The average Bonchev–Trinajstić information content (AvgIpc) is 3.30. The first-order valence-electron chi connectivity index (χ1n) is 8.39. The second-order valence-corrected chi connectivity index (χ2v) is 7.22. The summed E-state index contributed by atoms with van der Waals surface area (Å²) in [6.45, 7) is 3.35. The van der Waals surface area contributed by atoms with Crippen LogP contribution in [0.15, 0.2) is 41.2 Å². The van der Waals surface area contributed by atoms with Crippen molar-refractivity contribution in [2.75, 3.05) is 31.1 Å². The predicted molar refractivity (Wildman–Crippen MR) is 94.4 cm³/mol. The highest BCUT2D eigenvalue weighted by atomic mass is 32.1. The summed E-state index contributed by atoms with van der Waals surface area (Å²) >= 11 is 1.54. The predicted octanol–water partition coefficient (Wildman–Crippen LogP) is 2.41. The van der Waals surface area contributed by atoms with E-state index in [9.17, 15) is 4.79 Å². The standard InChI is InChI=1S/C18H21N3O2S/c22-18(14-5-8-24-12-14)20-9-16-15-10-21(7-4-13(15)11-23-16)17-3-1-2-6-19-17/h1-3,5-6,8,12-13,15-16H,4,7,9-11H2,(H,20,22)/t13-,15-,16+/m1/s1. The molecule has 5 nitrogen and oxygen atoms in total. The van der Waals surface area contributed by atoms with Gasteiger partial charge < -0.3 is 15.0 Å². The zero-order valence-corrected chi connectivity index (χ0v) is 14.2. The number of aromatic nitrogens is 1. The van der Waals surface area contributed by atoms with E-state index < -0.39 is 0 Å². The fraction of sp³-hybridized carbons (Fsp3) is 0.444. The smallest absolute Gasteiger partial charge is 0.252 e. The maximum atomic E-state index is 12.1. The van der Waals surface area contributed by atoms with Gasteiger partial charge in [-0.2, -0.15) is 11.3 Å². The molecular formula is C18H21N3O2S. The molecule has 2 aliphatic rings. The number of fused-ring (bicyclic) bond motifs is 1. The van der Waals surface area contributed by atoms with Crippen LogP contribution in [0.3, 0.4) is 0 Å². The minimum absolute atomic E-state index is 0.0132. The summed E-state index contributed by atoms with van der Waals surface area (Å²) in [5.41, 5.74) is 0.730. The molecule has 3 atom stereocenters. The third kappa shape index (κ3) is 3.16. The lowest BCUT2D eigenvalue weighted by atomic mass is 9.84. The number of carbonyl (C=O) groups is 1. The maximum absolute atomic E-state index is 12.1. The third-order valence-electron chi connectivity index (χ3n) is 5.03. The Kier molecular flexibility index (Phi) is 4.49. The van der Waals surface area contributed by atoms with E-state index in [1.165, 1.54) is 11.3 Å². The van der Waals surface area contributed by atoms with Crippen LogP contribution in [-0.2, 0) is 4.74 Å². The molecule has 4 heterocycles. The second-order valence-electron chi connectivity index (χ2n) is 6.44. The molecule has 1 N–H and O–H groups in total. The van der Waals surface area contributed by atoms with Crippen LogP contribution >= 0.6 is 11.3 Å². The summed E-state index contributed by atoms with van der Waals surface area (Å²) in [7, 11) is 0. The Morgan fingerprint density at radius 1 is 1.42 bits per heavy atom. The first kappa shape index (κ1) is 15.6. The number of piperidine rings is 1. The highest BCUT2D eigenvalue weighted by Gasteiger charge is 2.41. The van der Waals surface area contributed by atoms with Crippen LogP contribution in [0.2, 0.25) is 0 Å². The molecule has 24 heavy (non-hydrogen) atoms. The molecule has 6 heteroatoms. The van der Waals surface area contributed by atoms with Gasteiger partial charge in [0.25, 0.3) is 5.91 Å². The number of amides is 1. The number of hydrogen-bond acceptors (Lipinski definition) is 5. The molecule has 0 aromatic carbocycles. The van der Waals surface area contributed by atoms with Gasteiger partial charge in [-0.3, -0.25) is 4.79 Å². The van der Waals surface area contributed by atoms with Crippen LogP contribution in [0.25, 0.3) is 0 Å². The quantitative estimate of drug-likeness (QED) is 0.926. The molecule has 2 aliphatic heterocycles. The highest BCUT2D eigenvalue weighted by molar-refractivity contribution is 7.08. The molecule has 0 spiro atoms. The van der Waals surface area contributed by atoms with Gasteiger partial charge in [0.15, 0.2) is 0 Å². The largest absolute Gasteiger partial charge is 0.376 e. The normalized spacial score (nSPS) is 26.2. The third-order valence-corrected chi connectivity index (χ3v) is 5.71. The number of ether oxygens (including phenoxy) is 1. The fourth-order valence-corrected chi connectivity index (χ4v) is 4.31. The van der Waals surface area contributed by atoms with Gasteiger partial charge in [-0.25, -0.2) is 4.98 Å². The summed E-state index contributed by atoms with van der Waals surface area (Å²) in [5.74, 6) is 2.06. The van der Waals surface area contributed by atoms with Gasteiger partial charge >= 0.3 is 0 Å². The number of pyridine rings is 1. The molecule has 2 aromatic heterocycles. The van der Waals surface area contributed by atoms with Gasteiger partial charge in [-0.1, -0.05) is 6.07 Å². The lowest BCUT2D eigenvalue weighted by Crippen LogP contribution is -2.45. The molecule has 0 unspecified atom stereocenters. The molecule has 126 valence electrons. The monoisotopic (exact) mass is 343 g/mol. The van der Waals surface area contributed by atoms with Crippen molar-refractivity contribution < 1.29 is 9.53 Å². The van der Waals surface area contributed by atoms with E-state index in [0.717, 1.165) is 37.5 Å². The van der Waals surface area contributed by atoms with Crippen molar-refractivity contribution >= 4 is 23.1 Å². The second kappa shape index (κ2) is 6.91. The van der Waals surface area contributed by atoms with Gasteiger partial charge in [0.1, 0.15) is 5.82 Å². The Hall–Kier alpha value is -1.92. The van der Waals surface area contributed by atoms with Crippen LogP contribution in [0.5, 0.6) is 0 Å². The van der Waals surface area contributed by atoms with Crippen LogP contribution < -0.4 is 10.2 Å². The zero-order chi connectivity index (χ0) is 16.4. The summed E-state index contributed by atoms with van der Waals surface area (Å²) in [4.78, 5) is 18.9. The number of nitrogens with one attached hydrogen (secondary N) is 1. The van der Waals surface area contributed by atoms with Gasteiger partial charge in [-0.05, 0) is 35.9 Å². The Labute approximate surface area is 145 Å². The van der Waals surface area contributed by atoms with E-state index in [-0.39, 0.29) is 12.0 Å². The lowest BCUT2D eigenvalue weighted by Gasteiger charge is -2.36. The van der Waals surface area contributed by atoms with Crippen molar-refractivity contribution in [2.45, 2.75) is 12.5 Å². The first-order chi connectivity index (χ1) is 11.8. The highest BCUT2D eigenvalue weighted by Crippen LogP contribution is 2.35. The average molecular weight is 343 g/mol. The lowest BCUT2D eigenvalue weighted by molar-refractivity contribution is 0.0783. The Balaban J connectivity index is 1.38. The van der Waals surface area contributed by atoms with Crippen LogP contribution in [0.4, 0.5) is 5.82 Å². The van der Waals surface area contributed by atoms with E-state index in [1.54, 1.807) is 0 Å². The Morgan fingerprint density at radius 3 is 3.17 bits per heavy atom. The van der Waals surface area contributed by atoms with Crippen molar-refractivity contribution in [1.82, 2.24) is 10.3 Å². The zero-order valence-electron chi connectivity index (χ0n) is 13.4. The van der Waals surface area contributed by atoms with Crippen LogP contribution in [0.1, 0.15) is 16.8 Å². The number of nitrogens with zero attached hydrogens (tertiary/aromatic N) is 2. The van der Waals surface area contributed by atoms with E-state index in [0.29, 0.717) is 18.4 Å². The molecule has 0 radical (unpaired) electrons. The van der Waals surface area contributed by atoms with Gasteiger partial charge in [0.2, 0.25) is 0 Å². The number of anilines is 1. The van der Waals surface area contributed by atoms with Gasteiger partial charge in [0, 0.05) is 42.7 Å². The first-order valence-corrected chi connectivity index (χ1v) is 9.33. The minimum atomic E-state index is -0.0132. The van der Waals surface area contributed by atoms with E-state index in [1.807, 2.05) is 35.2 Å². The topological polar surface area (TPSA) is 54.5 Å². The van der Waals surface area contributed by atoms with Crippen molar-refractivity contribution in [1.29, 1.82) is 0 Å². The Bertz CT molecular complexity index is 677.